The van der Waals surface area contributed by atoms with Crippen molar-refractivity contribution < 1.29 is 19.5 Å². The van der Waals surface area contributed by atoms with E-state index in [1.807, 2.05) is 6.92 Å². The minimum Gasteiger partial charge on any atom is -0.480 e. The van der Waals surface area contributed by atoms with Crippen molar-refractivity contribution in [3.05, 3.63) is 12.3 Å². The zero-order valence-corrected chi connectivity index (χ0v) is 12.5. The fourth-order valence-electron chi connectivity index (χ4n) is 2.56. The Morgan fingerprint density at radius 3 is 2.91 bits per heavy atom. The van der Waals surface area contributed by atoms with Crippen LogP contribution in [0.25, 0.3) is 0 Å². The van der Waals surface area contributed by atoms with Crippen molar-refractivity contribution in [3.8, 4) is 0 Å². The molecule has 0 saturated carbocycles. The molecule has 1 fully saturated rings. The van der Waals surface area contributed by atoms with Crippen molar-refractivity contribution in [2.24, 2.45) is 0 Å². The molecule has 1 aromatic rings. The van der Waals surface area contributed by atoms with E-state index >= 15 is 0 Å². The van der Waals surface area contributed by atoms with Crippen LogP contribution in [0, 0.1) is 0 Å². The van der Waals surface area contributed by atoms with E-state index in [1.165, 1.54) is 16.9 Å². The standard InChI is InChI=1S/C14H20N4O4/c1-2-4-12(19)18-7-3-5-10(18)14(22)15-11-6-8-17(16-11)9-13(20)21/h6,8,10H,2-5,7,9H2,1H3,(H,20,21)(H,15,16,22). The van der Waals surface area contributed by atoms with Crippen LogP contribution < -0.4 is 5.32 Å². The number of rotatable bonds is 6. The number of nitrogens with zero attached hydrogens (tertiary/aromatic N) is 3. The van der Waals surface area contributed by atoms with E-state index in [-0.39, 0.29) is 18.4 Å². The van der Waals surface area contributed by atoms with Gasteiger partial charge in [-0.1, -0.05) is 6.92 Å². The number of hydrogen-bond donors (Lipinski definition) is 2. The van der Waals surface area contributed by atoms with E-state index in [1.54, 1.807) is 4.90 Å². The van der Waals surface area contributed by atoms with Crippen LogP contribution in [0.15, 0.2) is 12.3 Å². The predicted molar refractivity (Wildman–Crippen MR) is 78.1 cm³/mol. The van der Waals surface area contributed by atoms with E-state index in [0.29, 0.717) is 25.2 Å². The van der Waals surface area contributed by atoms with Gasteiger partial charge in [0.15, 0.2) is 5.82 Å². The molecule has 22 heavy (non-hydrogen) atoms. The molecule has 2 N–H and O–H groups in total. The summed E-state index contributed by atoms with van der Waals surface area (Å²) in [5.74, 6) is -0.992. The summed E-state index contributed by atoms with van der Waals surface area (Å²) in [6.07, 6.45) is 4.12. The van der Waals surface area contributed by atoms with Gasteiger partial charge in [-0.05, 0) is 19.3 Å². The van der Waals surface area contributed by atoms with Crippen molar-refractivity contribution in [3.63, 3.8) is 0 Å². The van der Waals surface area contributed by atoms with Gasteiger partial charge in [0.25, 0.3) is 0 Å². The summed E-state index contributed by atoms with van der Waals surface area (Å²) in [6, 6.07) is 1.07. The highest BCUT2D eigenvalue weighted by molar-refractivity contribution is 5.96. The molecule has 0 spiro atoms. The number of anilines is 1. The maximum absolute atomic E-state index is 12.3. The fourth-order valence-corrected chi connectivity index (χ4v) is 2.56. The van der Waals surface area contributed by atoms with E-state index in [0.717, 1.165) is 12.8 Å². The predicted octanol–water partition coefficient (Wildman–Crippen LogP) is 0.697. The molecule has 8 nitrogen and oxygen atoms in total. The summed E-state index contributed by atoms with van der Waals surface area (Å²) in [6.45, 7) is 2.27. The van der Waals surface area contributed by atoms with Crippen LogP contribution in [-0.4, -0.2) is 50.2 Å². The molecule has 2 rings (SSSR count). The van der Waals surface area contributed by atoms with Gasteiger partial charge >= 0.3 is 5.97 Å². The zero-order valence-electron chi connectivity index (χ0n) is 12.5. The Hall–Kier alpha value is -2.38. The third-order valence-electron chi connectivity index (χ3n) is 3.53. The Morgan fingerprint density at radius 1 is 1.45 bits per heavy atom. The number of aromatic nitrogens is 2. The average Bonchev–Trinajstić information content (AvgIpc) is 3.07. The second-order valence-electron chi connectivity index (χ2n) is 5.28. The second-order valence-corrected chi connectivity index (χ2v) is 5.28. The molecule has 2 amide bonds. The fraction of sp³-hybridized carbons (Fsp3) is 0.571. The molecule has 8 heteroatoms. The molecule has 1 aromatic heterocycles. The first-order valence-electron chi connectivity index (χ1n) is 7.37. The Balaban J connectivity index is 1.97. The molecule has 1 unspecified atom stereocenters. The minimum atomic E-state index is -1.01. The molecule has 120 valence electrons. The Bertz CT molecular complexity index is 569. The number of carboxylic acids is 1. The van der Waals surface area contributed by atoms with E-state index in [4.69, 9.17) is 5.11 Å². The summed E-state index contributed by atoms with van der Waals surface area (Å²) in [7, 11) is 0. The molecule has 0 aromatic carbocycles. The van der Waals surface area contributed by atoms with E-state index in [2.05, 4.69) is 10.4 Å². The Labute approximate surface area is 128 Å². The SMILES string of the molecule is CCCC(=O)N1CCCC1C(=O)Nc1ccn(CC(=O)O)n1. The number of carbonyl (C=O) groups is 3. The van der Waals surface area contributed by atoms with Crippen LogP contribution >= 0.6 is 0 Å². The van der Waals surface area contributed by atoms with Gasteiger partial charge in [0.2, 0.25) is 11.8 Å². The van der Waals surface area contributed by atoms with Gasteiger partial charge in [0, 0.05) is 25.2 Å². The molecule has 1 aliphatic rings. The maximum atomic E-state index is 12.3. The number of carbonyl (C=O) groups excluding carboxylic acids is 2. The lowest BCUT2D eigenvalue weighted by Crippen LogP contribution is -2.43. The van der Waals surface area contributed by atoms with E-state index in [9.17, 15) is 14.4 Å². The Kier molecular flexibility index (Phi) is 5.13. The third kappa shape index (κ3) is 3.84. The van der Waals surface area contributed by atoms with Gasteiger partial charge in [-0.3, -0.25) is 19.1 Å². The number of amides is 2. The second kappa shape index (κ2) is 7.06. The van der Waals surface area contributed by atoms with Crippen LogP contribution in [0.5, 0.6) is 0 Å². The van der Waals surface area contributed by atoms with Gasteiger partial charge in [-0.2, -0.15) is 5.10 Å². The van der Waals surface area contributed by atoms with Crippen LogP contribution in [0.1, 0.15) is 32.6 Å². The average molecular weight is 308 g/mol. The van der Waals surface area contributed by atoms with Crippen molar-refractivity contribution in [2.45, 2.75) is 45.2 Å². The van der Waals surface area contributed by atoms with Crippen molar-refractivity contribution in [1.29, 1.82) is 0 Å². The highest BCUT2D eigenvalue weighted by Crippen LogP contribution is 2.20. The quantitative estimate of drug-likeness (QED) is 0.805. The number of nitrogens with one attached hydrogen (secondary N) is 1. The highest BCUT2D eigenvalue weighted by atomic mass is 16.4. The van der Waals surface area contributed by atoms with Gasteiger partial charge in [-0.25, -0.2) is 0 Å². The third-order valence-corrected chi connectivity index (χ3v) is 3.53. The number of aliphatic carboxylic acids is 1. The normalized spacial score (nSPS) is 17.5. The minimum absolute atomic E-state index is 0.00319. The monoisotopic (exact) mass is 308 g/mol. The molecule has 0 bridgehead atoms. The molecule has 1 aliphatic heterocycles. The van der Waals surface area contributed by atoms with Gasteiger partial charge in [-0.15, -0.1) is 0 Å². The molecule has 0 aliphatic carbocycles. The number of likely N-dealkylation sites (tertiary alicyclic amines) is 1. The van der Waals surface area contributed by atoms with E-state index < -0.39 is 12.0 Å². The first-order valence-corrected chi connectivity index (χ1v) is 7.37. The summed E-state index contributed by atoms with van der Waals surface area (Å²) < 4.78 is 1.23. The highest BCUT2D eigenvalue weighted by Gasteiger charge is 2.33. The Morgan fingerprint density at radius 2 is 2.23 bits per heavy atom. The van der Waals surface area contributed by atoms with Crippen LogP contribution in [-0.2, 0) is 20.9 Å². The van der Waals surface area contributed by atoms with Crippen molar-refractivity contribution in [2.75, 3.05) is 11.9 Å². The first kappa shape index (κ1) is 16.0. The summed E-state index contributed by atoms with van der Waals surface area (Å²) >= 11 is 0. The molecule has 1 atom stereocenters. The summed E-state index contributed by atoms with van der Waals surface area (Å²) in [5, 5.41) is 15.3. The summed E-state index contributed by atoms with van der Waals surface area (Å²) in [5.41, 5.74) is 0. The topological polar surface area (TPSA) is 105 Å². The maximum Gasteiger partial charge on any atom is 0.325 e. The van der Waals surface area contributed by atoms with Crippen molar-refractivity contribution >= 4 is 23.6 Å². The number of carboxylic acid groups (broad SMARTS) is 1. The molecule has 2 heterocycles. The van der Waals surface area contributed by atoms with Crippen LogP contribution in [0.4, 0.5) is 5.82 Å². The molecular formula is C14H20N4O4. The first-order chi connectivity index (χ1) is 10.5. The molecular weight excluding hydrogens is 288 g/mol. The van der Waals surface area contributed by atoms with Crippen LogP contribution in [0.3, 0.4) is 0 Å². The van der Waals surface area contributed by atoms with Crippen molar-refractivity contribution in [1.82, 2.24) is 14.7 Å². The molecule has 0 radical (unpaired) electrons. The lowest BCUT2D eigenvalue weighted by molar-refractivity contribution is -0.138. The van der Waals surface area contributed by atoms with Gasteiger partial charge < -0.3 is 15.3 Å². The van der Waals surface area contributed by atoms with Crippen LogP contribution in [0.2, 0.25) is 0 Å². The summed E-state index contributed by atoms with van der Waals surface area (Å²) in [4.78, 5) is 36.5. The molecule has 1 saturated heterocycles. The lowest BCUT2D eigenvalue weighted by atomic mass is 10.2. The lowest BCUT2D eigenvalue weighted by Gasteiger charge is -2.23. The zero-order chi connectivity index (χ0) is 16.1. The largest absolute Gasteiger partial charge is 0.480 e. The van der Waals surface area contributed by atoms with Gasteiger partial charge in [0.05, 0.1) is 0 Å². The smallest absolute Gasteiger partial charge is 0.325 e. The number of hydrogen-bond acceptors (Lipinski definition) is 4. The van der Waals surface area contributed by atoms with Gasteiger partial charge in [0.1, 0.15) is 12.6 Å².